The van der Waals surface area contributed by atoms with Crippen LogP contribution in [0, 0.1) is 0 Å². The van der Waals surface area contributed by atoms with Gasteiger partial charge in [0, 0.05) is 34.7 Å². The summed E-state index contributed by atoms with van der Waals surface area (Å²) in [6.45, 7) is 0. The van der Waals surface area contributed by atoms with Crippen LogP contribution in [0.15, 0.2) is 52.4 Å². The molecule has 10 heteroatoms. The van der Waals surface area contributed by atoms with Crippen LogP contribution in [0.25, 0.3) is 0 Å². The molecule has 0 aliphatic heterocycles. The average molecular weight is 476 g/mol. The quantitative estimate of drug-likeness (QED) is 0.357. The van der Waals surface area contributed by atoms with Gasteiger partial charge in [-0.1, -0.05) is 35.5 Å². The van der Waals surface area contributed by atoms with Crippen molar-refractivity contribution in [2.45, 2.75) is 17.3 Å². The van der Waals surface area contributed by atoms with Crippen molar-refractivity contribution in [2.75, 3.05) is 26.6 Å². The molecule has 168 valence electrons. The second-order valence-corrected chi connectivity index (χ2v) is 8.00. The number of aromatic amines is 1. The number of carbonyl (C=O) groups is 1. The summed E-state index contributed by atoms with van der Waals surface area (Å²) in [5, 5.41) is 3.83. The number of anilines is 1. The van der Waals surface area contributed by atoms with Gasteiger partial charge in [-0.3, -0.25) is 9.59 Å². The van der Waals surface area contributed by atoms with E-state index < -0.39 is 0 Å². The molecule has 1 aromatic heterocycles. The fourth-order valence-corrected chi connectivity index (χ4v) is 3.99. The van der Waals surface area contributed by atoms with Crippen LogP contribution < -0.4 is 25.1 Å². The maximum absolute atomic E-state index is 12.6. The first-order chi connectivity index (χ1) is 15.4. The highest BCUT2D eigenvalue weighted by atomic mass is 35.5. The number of thioether (sulfide) groups is 1. The van der Waals surface area contributed by atoms with E-state index in [0.29, 0.717) is 44.6 Å². The van der Waals surface area contributed by atoms with E-state index in [-0.39, 0.29) is 17.9 Å². The highest BCUT2D eigenvalue weighted by Gasteiger charge is 2.15. The summed E-state index contributed by atoms with van der Waals surface area (Å²) in [7, 11) is 4.48. The molecule has 0 atom stereocenters. The molecular formula is C22H22ClN3O5S. The Kier molecular flexibility index (Phi) is 8.02. The van der Waals surface area contributed by atoms with Gasteiger partial charge < -0.3 is 24.5 Å². The molecule has 3 aromatic rings. The van der Waals surface area contributed by atoms with E-state index in [0.717, 1.165) is 5.56 Å². The van der Waals surface area contributed by atoms with Gasteiger partial charge in [-0.15, -0.1) is 0 Å². The SMILES string of the molecule is COc1cc(NC(=O)Cc2cc(=O)[nH]c(SCc3cccc(Cl)c3)n2)cc(OC)c1OC. The third-order valence-corrected chi connectivity index (χ3v) is 5.51. The normalized spacial score (nSPS) is 10.5. The van der Waals surface area contributed by atoms with Crippen molar-refractivity contribution in [1.82, 2.24) is 9.97 Å². The second kappa shape index (κ2) is 10.9. The topological polar surface area (TPSA) is 103 Å². The van der Waals surface area contributed by atoms with E-state index in [2.05, 4.69) is 15.3 Å². The van der Waals surface area contributed by atoms with Gasteiger partial charge in [0.05, 0.1) is 33.4 Å². The molecule has 1 amide bonds. The third kappa shape index (κ3) is 6.18. The maximum Gasteiger partial charge on any atom is 0.251 e. The first kappa shape index (κ1) is 23.5. The van der Waals surface area contributed by atoms with E-state index >= 15 is 0 Å². The van der Waals surface area contributed by atoms with E-state index in [9.17, 15) is 9.59 Å². The molecule has 3 rings (SSSR count). The Morgan fingerprint density at radius 2 is 1.81 bits per heavy atom. The Hall–Kier alpha value is -3.17. The van der Waals surface area contributed by atoms with Crippen molar-refractivity contribution in [3.63, 3.8) is 0 Å². The Bertz CT molecular complexity index is 1140. The molecule has 0 radical (unpaired) electrons. The molecule has 0 spiro atoms. The standard InChI is InChI=1S/C22H22ClN3O5S/c1-29-17-8-15(9-18(30-2)21(17)31-3)24-19(27)10-16-11-20(28)26-22(25-16)32-12-13-5-4-6-14(23)7-13/h4-9,11H,10,12H2,1-3H3,(H,24,27)(H,25,26,28). The van der Waals surface area contributed by atoms with Crippen molar-refractivity contribution in [2.24, 2.45) is 0 Å². The van der Waals surface area contributed by atoms with Gasteiger partial charge >= 0.3 is 0 Å². The molecule has 0 fully saturated rings. The molecule has 0 bridgehead atoms. The maximum atomic E-state index is 12.6. The van der Waals surface area contributed by atoms with E-state index in [1.807, 2.05) is 18.2 Å². The lowest BCUT2D eigenvalue weighted by Gasteiger charge is -2.14. The van der Waals surface area contributed by atoms with Crippen LogP contribution in [0.5, 0.6) is 17.2 Å². The van der Waals surface area contributed by atoms with Crippen molar-refractivity contribution in [3.8, 4) is 17.2 Å². The van der Waals surface area contributed by atoms with Crippen molar-refractivity contribution in [3.05, 3.63) is 69.1 Å². The van der Waals surface area contributed by atoms with E-state index in [1.165, 1.54) is 39.2 Å². The summed E-state index contributed by atoms with van der Waals surface area (Å²) in [6.07, 6.45) is -0.0781. The highest BCUT2D eigenvalue weighted by Crippen LogP contribution is 2.39. The fraction of sp³-hybridized carbons (Fsp3) is 0.227. The zero-order chi connectivity index (χ0) is 23.1. The number of rotatable bonds is 9. The Balaban J connectivity index is 1.70. The molecule has 8 nitrogen and oxygen atoms in total. The molecule has 0 aliphatic carbocycles. The van der Waals surface area contributed by atoms with Crippen molar-refractivity contribution in [1.29, 1.82) is 0 Å². The lowest BCUT2D eigenvalue weighted by Crippen LogP contribution is -2.18. The number of methoxy groups -OCH3 is 3. The minimum absolute atomic E-state index is 0.0781. The van der Waals surface area contributed by atoms with Crippen LogP contribution in [-0.4, -0.2) is 37.2 Å². The van der Waals surface area contributed by atoms with Gasteiger partial charge in [-0.2, -0.15) is 0 Å². The first-order valence-electron chi connectivity index (χ1n) is 9.49. The number of halogens is 1. The van der Waals surface area contributed by atoms with Crippen molar-refractivity contribution >= 4 is 35.0 Å². The number of H-pyrrole nitrogens is 1. The van der Waals surface area contributed by atoms with E-state index in [4.69, 9.17) is 25.8 Å². The van der Waals surface area contributed by atoms with Crippen LogP contribution in [0.3, 0.4) is 0 Å². The van der Waals surface area contributed by atoms with Crippen LogP contribution in [0.4, 0.5) is 5.69 Å². The summed E-state index contributed by atoms with van der Waals surface area (Å²) in [6, 6.07) is 12.0. The number of carbonyl (C=O) groups excluding carboxylic acids is 1. The third-order valence-electron chi connectivity index (χ3n) is 4.33. The van der Waals surface area contributed by atoms with Gasteiger partial charge in [0.25, 0.3) is 5.56 Å². The summed E-state index contributed by atoms with van der Waals surface area (Å²) in [5.41, 5.74) is 1.48. The molecule has 2 N–H and O–H groups in total. The lowest BCUT2D eigenvalue weighted by molar-refractivity contribution is -0.115. The van der Waals surface area contributed by atoms with Gasteiger partial charge in [0.2, 0.25) is 11.7 Å². The highest BCUT2D eigenvalue weighted by molar-refractivity contribution is 7.98. The Labute approximate surface area is 194 Å². The Morgan fingerprint density at radius 1 is 1.09 bits per heavy atom. The van der Waals surface area contributed by atoms with Gasteiger partial charge in [-0.25, -0.2) is 4.98 Å². The smallest absolute Gasteiger partial charge is 0.251 e. The molecular weight excluding hydrogens is 454 g/mol. The lowest BCUT2D eigenvalue weighted by atomic mass is 10.2. The van der Waals surface area contributed by atoms with Gasteiger partial charge in [-0.05, 0) is 17.7 Å². The number of ether oxygens (including phenoxy) is 3. The predicted octanol–water partition coefficient (Wildman–Crippen LogP) is 3.92. The number of amides is 1. The van der Waals surface area contributed by atoms with Gasteiger partial charge in [0.1, 0.15) is 0 Å². The predicted molar refractivity (Wildman–Crippen MR) is 124 cm³/mol. The van der Waals surface area contributed by atoms with Crippen LogP contribution >= 0.6 is 23.4 Å². The van der Waals surface area contributed by atoms with Crippen LogP contribution in [0.2, 0.25) is 5.02 Å². The summed E-state index contributed by atoms with van der Waals surface area (Å²) in [5.74, 6) is 1.48. The number of nitrogens with zero attached hydrogens (tertiary/aromatic N) is 1. The zero-order valence-corrected chi connectivity index (χ0v) is 19.3. The molecule has 0 aliphatic rings. The summed E-state index contributed by atoms with van der Waals surface area (Å²) in [4.78, 5) is 31.7. The number of nitrogens with one attached hydrogen (secondary N) is 2. The minimum atomic E-state index is -0.344. The molecule has 0 saturated carbocycles. The minimum Gasteiger partial charge on any atom is -0.493 e. The molecule has 2 aromatic carbocycles. The summed E-state index contributed by atoms with van der Waals surface area (Å²) < 4.78 is 15.9. The van der Waals surface area contributed by atoms with Gasteiger partial charge in [0.15, 0.2) is 16.7 Å². The molecule has 1 heterocycles. The van der Waals surface area contributed by atoms with Crippen LogP contribution in [0.1, 0.15) is 11.3 Å². The number of aromatic nitrogens is 2. The average Bonchev–Trinajstić information content (AvgIpc) is 2.76. The Morgan fingerprint density at radius 3 is 2.44 bits per heavy atom. The van der Waals surface area contributed by atoms with E-state index in [1.54, 1.807) is 18.2 Å². The fourth-order valence-electron chi connectivity index (χ4n) is 2.94. The summed E-state index contributed by atoms with van der Waals surface area (Å²) >= 11 is 7.36. The molecule has 32 heavy (non-hydrogen) atoms. The largest absolute Gasteiger partial charge is 0.493 e. The van der Waals surface area contributed by atoms with Crippen molar-refractivity contribution < 1.29 is 19.0 Å². The number of hydrogen-bond acceptors (Lipinski definition) is 7. The number of benzene rings is 2. The molecule has 0 unspecified atom stereocenters. The second-order valence-electron chi connectivity index (χ2n) is 6.60. The monoisotopic (exact) mass is 475 g/mol. The zero-order valence-electron chi connectivity index (χ0n) is 17.7. The molecule has 0 saturated heterocycles. The van der Waals surface area contributed by atoms with Crippen LogP contribution in [-0.2, 0) is 17.0 Å². The number of hydrogen-bond donors (Lipinski definition) is 2. The first-order valence-corrected chi connectivity index (χ1v) is 10.9.